The van der Waals surface area contributed by atoms with Gasteiger partial charge in [-0.2, -0.15) is 0 Å². The maximum Gasteiger partial charge on any atom is 0.0783 e. The Hall–Kier alpha value is -3.52. The van der Waals surface area contributed by atoms with Gasteiger partial charge in [-0.1, -0.05) is 172 Å². The Balaban J connectivity index is 0.000000540. The van der Waals surface area contributed by atoms with Crippen molar-refractivity contribution in [3.8, 4) is 12.3 Å². The molecule has 0 saturated heterocycles. The lowest BCUT2D eigenvalue weighted by Gasteiger charge is -2.24. The zero-order chi connectivity index (χ0) is 31.0. The molecule has 3 aliphatic rings. The second-order valence-corrected chi connectivity index (χ2v) is 12.4. The first kappa shape index (κ1) is 33.0. The summed E-state index contributed by atoms with van der Waals surface area (Å²) in [4.78, 5) is 0. The summed E-state index contributed by atoms with van der Waals surface area (Å²) in [6, 6.07) is 17.6. The Kier molecular flexibility index (Phi) is 11.9. The van der Waals surface area contributed by atoms with Crippen molar-refractivity contribution in [3.05, 3.63) is 136 Å². The number of hydrogen-bond donors (Lipinski definition) is 0. The molecule has 0 heteroatoms. The van der Waals surface area contributed by atoms with Crippen LogP contribution in [0.1, 0.15) is 97.4 Å². The third-order valence-corrected chi connectivity index (χ3v) is 7.83. The first-order valence-corrected chi connectivity index (χ1v) is 15.8. The van der Waals surface area contributed by atoms with E-state index in [1.807, 2.05) is 0 Å². The molecule has 3 aliphatic carbocycles. The average Bonchev–Trinajstić information content (AvgIpc) is 3.91. The molecular formula is C42H50. The number of benzene rings is 2. The van der Waals surface area contributed by atoms with Crippen molar-refractivity contribution < 1.29 is 0 Å². The fraction of sp³-hybridized carbons (Fsp3) is 0.357. The molecule has 2 aromatic rings. The summed E-state index contributed by atoms with van der Waals surface area (Å²) in [5, 5.41) is 0. The van der Waals surface area contributed by atoms with E-state index in [0.29, 0.717) is 11.8 Å². The molecule has 0 bridgehead atoms. The minimum atomic E-state index is -0.173. The highest BCUT2D eigenvalue weighted by atomic mass is 14.3. The Labute approximate surface area is 257 Å². The fourth-order valence-corrected chi connectivity index (χ4v) is 4.92. The van der Waals surface area contributed by atoms with Crippen molar-refractivity contribution in [2.45, 2.75) is 75.2 Å². The zero-order valence-corrected chi connectivity index (χ0v) is 27.4. The van der Waals surface area contributed by atoms with E-state index in [-0.39, 0.29) is 5.92 Å². The van der Waals surface area contributed by atoms with Crippen LogP contribution in [0.5, 0.6) is 0 Å². The normalized spacial score (nSPS) is 17.6. The molecule has 0 nitrogen and oxygen atoms in total. The minimum Gasteiger partial charge on any atom is -0.123 e. The summed E-state index contributed by atoms with van der Waals surface area (Å²) < 4.78 is 0. The van der Waals surface area contributed by atoms with E-state index in [0.717, 1.165) is 33.8 Å². The highest BCUT2D eigenvalue weighted by molar-refractivity contribution is 5.91. The quantitative estimate of drug-likeness (QED) is 0.236. The Bertz CT molecular complexity index is 1410. The second kappa shape index (κ2) is 15.1. The highest BCUT2D eigenvalue weighted by Crippen LogP contribution is 2.45. The van der Waals surface area contributed by atoms with Crippen LogP contribution in [0.4, 0.5) is 0 Å². The molecule has 0 saturated carbocycles. The van der Waals surface area contributed by atoms with Gasteiger partial charge in [-0.15, -0.1) is 12.2 Å². The smallest absolute Gasteiger partial charge is 0.0783 e. The van der Waals surface area contributed by atoms with E-state index in [4.69, 9.17) is 6.42 Å². The van der Waals surface area contributed by atoms with Crippen molar-refractivity contribution in [3.63, 3.8) is 0 Å². The van der Waals surface area contributed by atoms with Gasteiger partial charge in [0.05, 0.1) is 17.8 Å². The minimum absolute atomic E-state index is 0.173. The van der Waals surface area contributed by atoms with Crippen LogP contribution in [0.2, 0.25) is 0 Å². The molecule has 0 spiro atoms. The van der Waals surface area contributed by atoms with E-state index in [2.05, 4.69) is 153 Å². The molecule has 0 heterocycles. The zero-order valence-electron chi connectivity index (χ0n) is 27.4. The van der Waals surface area contributed by atoms with Crippen LogP contribution in [-0.2, 0) is 0 Å². The highest BCUT2D eigenvalue weighted by Gasteiger charge is 2.31. The third-order valence-electron chi connectivity index (χ3n) is 7.83. The number of terminal acetylenes is 1. The maximum atomic E-state index is 6.06. The molecule has 218 valence electrons. The van der Waals surface area contributed by atoms with Crippen molar-refractivity contribution in [2.24, 2.45) is 23.7 Å². The Morgan fingerprint density at radius 2 is 1.10 bits per heavy atom. The first-order valence-electron chi connectivity index (χ1n) is 15.8. The molecule has 42 heavy (non-hydrogen) atoms. The molecule has 2 aromatic carbocycles. The molecule has 0 N–H and O–H groups in total. The van der Waals surface area contributed by atoms with Gasteiger partial charge in [0.2, 0.25) is 0 Å². The van der Waals surface area contributed by atoms with E-state index in [1.165, 1.54) is 47.0 Å². The number of allylic oxidation sites excluding steroid dienone is 9. The molecule has 0 aliphatic heterocycles. The standard InChI is InChI=1S/C34H30.C5H12.C3H8/c1-7-27-28(8-2)30(24-11-15-26(16-12-24)34-20-32(34)22(5)6)18-17-29(27)23-9-13-25(14-10-23)33-19-31(33)21(3)4;1-4-5(2)3;1-3-2/h1,9-22,27H,2H2,3-6H3;5H,4H2,1-3H3;3H2,1-2H3. The molecule has 2 radical (unpaired) electrons. The SMILES string of the molecule is C#CC1C(=C=C)C(c2ccc([C]3C=C3C(C)C)cc2)=CC=C1c1ccc([C]2C=C2C(C)C)cc1.CCC.CCC(C)C. The van der Waals surface area contributed by atoms with Crippen molar-refractivity contribution in [1.82, 2.24) is 0 Å². The molecule has 0 amide bonds. The fourth-order valence-electron chi connectivity index (χ4n) is 4.92. The van der Waals surface area contributed by atoms with Gasteiger partial charge in [0.15, 0.2) is 0 Å². The molecule has 1 atom stereocenters. The van der Waals surface area contributed by atoms with Crippen molar-refractivity contribution >= 4 is 11.1 Å². The van der Waals surface area contributed by atoms with E-state index in [1.54, 1.807) is 0 Å². The predicted molar refractivity (Wildman–Crippen MR) is 185 cm³/mol. The van der Waals surface area contributed by atoms with Crippen LogP contribution in [0.3, 0.4) is 0 Å². The summed E-state index contributed by atoms with van der Waals surface area (Å²) in [6.45, 7) is 23.8. The largest absolute Gasteiger partial charge is 0.123 e. The number of rotatable bonds is 7. The maximum absolute atomic E-state index is 6.06. The monoisotopic (exact) mass is 554 g/mol. The summed E-state index contributed by atoms with van der Waals surface area (Å²) in [7, 11) is 0. The van der Waals surface area contributed by atoms with Crippen molar-refractivity contribution in [1.29, 1.82) is 0 Å². The summed E-state index contributed by atoms with van der Waals surface area (Å²) in [5.74, 6) is 7.64. The Morgan fingerprint density at radius 1 is 0.690 bits per heavy atom. The van der Waals surface area contributed by atoms with E-state index >= 15 is 0 Å². The van der Waals surface area contributed by atoms with Gasteiger partial charge in [0.1, 0.15) is 0 Å². The van der Waals surface area contributed by atoms with Gasteiger partial charge in [-0.3, -0.25) is 0 Å². The van der Waals surface area contributed by atoms with Crippen LogP contribution < -0.4 is 0 Å². The lowest BCUT2D eigenvalue weighted by atomic mass is 9.78. The lowest BCUT2D eigenvalue weighted by molar-refractivity contribution is 0.626. The van der Waals surface area contributed by atoms with E-state index < -0.39 is 0 Å². The third kappa shape index (κ3) is 8.06. The Morgan fingerprint density at radius 3 is 1.43 bits per heavy atom. The predicted octanol–water partition coefficient (Wildman–Crippen LogP) is 11.6. The summed E-state index contributed by atoms with van der Waals surface area (Å²) >= 11 is 0. The first-order chi connectivity index (χ1) is 20.1. The van der Waals surface area contributed by atoms with Crippen molar-refractivity contribution in [2.75, 3.05) is 0 Å². The van der Waals surface area contributed by atoms with Crippen LogP contribution in [0.25, 0.3) is 11.1 Å². The van der Waals surface area contributed by atoms with Gasteiger partial charge in [0, 0.05) is 5.57 Å². The number of hydrogen-bond acceptors (Lipinski definition) is 0. The van der Waals surface area contributed by atoms with Gasteiger partial charge < -0.3 is 0 Å². The lowest BCUT2D eigenvalue weighted by Crippen LogP contribution is -2.10. The van der Waals surface area contributed by atoms with Crippen LogP contribution in [0.15, 0.2) is 102 Å². The van der Waals surface area contributed by atoms with Gasteiger partial charge in [-0.25, -0.2) is 0 Å². The van der Waals surface area contributed by atoms with Crippen LogP contribution in [-0.4, -0.2) is 0 Å². The molecular weight excluding hydrogens is 504 g/mol. The van der Waals surface area contributed by atoms with E-state index in [9.17, 15) is 0 Å². The summed E-state index contributed by atoms with van der Waals surface area (Å²) in [5.41, 5.74) is 14.1. The molecule has 5 rings (SSSR count). The average molecular weight is 555 g/mol. The molecule has 0 fully saturated rings. The molecule has 0 aromatic heterocycles. The van der Waals surface area contributed by atoms with Crippen LogP contribution >= 0.6 is 0 Å². The van der Waals surface area contributed by atoms with Gasteiger partial charge in [-0.05, 0) is 51.2 Å². The topological polar surface area (TPSA) is 0 Å². The molecule has 1 unspecified atom stereocenters. The van der Waals surface area contributed by atoms with Gasteiger partial charge in [0.25, 0.3) is 0 Å². The van der Waals surface area contributed by atoms with Gasteiger partial charge >= 0.3 is 0 Å². The van der Waals surface area contributed by atoms with Crippen LogP contribution in [0, 0.1) is 47.9 Å². The summed E-state index contributed by atoms with van der Waals surface area (Å²) in [6.07, 6.45) is 17.5. The second-order valence-electron chi connectivity index (χ2n) is 12.4.